The van der Waals surface area contributed by atoms with Crippen LogP contribution < -0.4 is 0 Å². The van der Waals surface area contributed by atoms with Gasteiger partial charge in [-0.25, -0.2) is 0 Å². The van der Waals surface area contributed by atoms with Crippen molar-refractivity contribution in [2.45, 2.75) is 31.4 Å². The third-order valence-electron chi connectivity index (χ3n) is 3.41. The Balaban J connectivity index is 1.99. The molecular formula is C15H21NO4Si. The Bertz CT molecular complexity index is 431. The van der Waals surface area contributed by atoms with E-state index in [1.54, 1.807) is 14.2 Å². The lowest BCUT2D eigenvalue weighted by atomic mass is 10.2. The van der Waals surface area contributed by atoms with E-state index in [1.807, 2.05) is 30.3 Å². The fourth-order valence-corrected chi connectivity index (χ4v) is 3.69. The fraction of sp³-hybridized carbons (Fsp3) is 0.533. The number of carbonyl (C=O) groups is 1. The zero-order valence-electron chi connectivity index (χ0n) is 12.5. The molecule has 0 amide bonds. The van der Waals surface area contributed by atoms with E-state index < -0.39 is 12.3 Å². The van der Waals surface area contributed by atoms with Crippen LogP contribution in [0.1, 0.15) is 12.0 Å². The summed E-state index contributed by atoms with van der Waals surface area (Å²) in [4.78, 5) is 12.4. The summed E-state index contributed by atoms with van der Waals surface area (Å²) in [6.07, 6.45) is 0.500. The molecule has 0 saturated carbocycles. The molecule has 2 radical (unpaired) electrons. The van der Waals surface area contributed by atoms with Crippen LogP contribution in [0.2, 0.25) is 6.04 Å². The van der Waals surface area contributed by atoms with Crippen molar-refractivity contribution in [2.75, 3.05) is 20.8 Å². The van der Waals surface area contributed by atoms with Crippen molar-refractivity contribution < 1.29 is 19.0 Å². The number of methoxy groups -OCH3 is 2. The molecule has 1 unspecified atom stereocenters. The van der Waals surface area contributed by atoms with Gasteiger partial charge in [0.15, 0.2) is 12.3 Å². The van der Waals surface area contributed by atoms with Crippen molar-refractivity contribution in [3.63, 3.8) is 0 Å². The zero-order valence-corrected chi connectivity index (χ0v) is 13.5. The second-order valence-electron chi connectivity index (χ2n) is 4.83. The zero-order chi connectivity index (χ0) is 15.1. The van der Waals surface area contributed by atoms with Crippen molar-refractivity contribution in [1.29, 1.82) is 0 Å². The minimum Gasteiger partial charge on any atom is -0.460 e. The van der Waals surface area contributed by atoms with Crippen molar-refractivity contribution in [2.24, 2.45) is 0 Å². The molecule has 0 aromatic heterocycles. The normalized spacial score (nSPS) is 17.1. The van der Waals surface area contributed by atoms with Crippen LogP contribution >= 0.6 is 0 Å². The van der Waals surface area contributed by atoms with Crippen molar-refractivity contribution in [3.8, 4) is 0 Å². The number of benzene rings is 1. The molecule has 1 aliphatic rings. The average molecular weight is 307 g/mol. The summed E-state index contributed by atoms with van der Waals surface area (Å²) in [5.41, 5.74) is 0.972. The Hall–Kier alpha value is -1.21. The minimum absolute atomic E-state index is 0.271. The summed E-state index contributed by atoms with van der Waals surface area (Å²) >= 11 is 0. The van der Waals surface area contributed by atoms with Gasteiger partial charge < -0.3 is 18.8 Å². The molecule has 0 spiro atoms. The van der Waals surface area contributed by atoms with Crippen molar-refractivity contribution in [1.82, 2.24) is 4.57 Å². The van der Waals surface area contributed by atoms with E-state index in [0.717, 1.165) is 24.6 Å². The summed E-state index contributed by atoms with van der Waals surface area (Å²) in [6.45, 7) is 1.15. The van der Waals surface area contributed by atoms with Crippen LogP contribution in [0.5, 0.6) is 0 Å². The number of nitrogens with zero attached hydrogens (tertiary/aromatic N) is 1. The Morgan fingerprint density at radius 1 is 1.29 bits per heavy atom. The van der Waals surface area contributed by atoms with Gasteiger partial charge in [0.05, 0.1) is 0 Å². The molecule has 1 saturated heterocycles. The second kappa shape index (κ2) is 8.28. The van der Waals surface area contributed by atoms with Gasteiger partial charge in [-0.2, -0.15) is 0 Å². The Morgan fingerprint density at radius 3 is 2.57 bits per heavy atom. The van der Waals surface area contributed by atoms with E-state index in [2.05, 4.69) is 4.57 Å². The Labute approximate surface area is 128 Å². The highest BCUT2D eigenvalue weighted by Crippen LogP contribution is 2.17. The number of ether oxygens (including phenoxy) is 3. The smallest absolute Gasteiger partial charge is 0.328 e. The number of hydrogen-bond acceptors (Lipinski definition) is 5. The maximum absolute atomic E-state index is 12.4. The van der Waals surface area contributed by atoms with Crippen LogP contribution in [-0.2, 0) is 25.6 Å². The minimum atomic E-state index is -0.598. The Morgan fingerprint density at radius 2 is 2.00 bits per heavy atom. The first kappa shape index (κ1) is 16.2. The van der Waals surface area contributed by atoms with Gasteiger partial charge in [0.25, 0.3) is 0 Å². The van der Waals surface area contributed by atoms with Crippen molar-refractivity contribution >= 4 is 15.7 Å². The molecule has 0 N–H and O–H groups in total. The molecule has 6 heteroatoms. The van der Waals surface area contributed by atoms with E-state index in [4.69, 9.17) is 14.2 Å². The van der Waals surface area contributed by atoms with Gasteiger partial charge in [0, 0.05) is 14.2 Å². The molecule has 1 atom stereocenters. The van der Waals surface area contributed by atoms with E-state index in [-0.39, 0.29) is 12.6 Å². The van der Waals surface area contributed by atoms with Gasteiger partial charge in [0.2, 0.25) is 0 Å². The highest BCUT2D eigenvalue weighted by atomic mass is 28.2. The van der Waals surface area contributed by atoms with Gasteiger partial charge in [-0.15, -0.1) is 0 Å². The third kappa shape index (κ3) is 4.37. The molecule has 114 valence electrons. The highest BCUT2D eigenvalue weighted by Gasteiger charge is 2.37. The lowest BCUT2D eigenvalue weighted by Crippen LogP contribution is -2.50. The topological polar surface area (TPSA) is 48.0 Å². The van der Waals surface area contributed by atoms with Crippen LogP contribution in [0.25, 0.3) is 0 Å². The molecular weight excluding hydrogens is 286 g/mol. The summed E-state index contributed by atoms with van der Waals surface area (Å²) < 4.78 is 18.1. The summed E-state index contributed by atoms with van der Waals surface area (Å²) in [5.74, 6) is -0.290. The largest absolute Gasteiger partial charge is 0.460 e. The van der Waals surface area contributed by atoms with Crippen LogP contribution in [0.3, 0.4) is 0 Å². The maximum Gasteiger partial charge on any atom is 0.328 e. The molecule has 5 nitrogen and oxygen atoms in total. The van der Waals surface area contributed by atoms with Crippen LogP contribution in [0.4, 0.5) is 0 Å². The standard InChI is InChI=1S/C15H21NO4Si/c1-18-15(19-2)13(16-9-6-10-21-16)14(17)20-11-12-7-4-3-5-8-12/h3-5,7-8,13,15H,6,9-11H2,1-2H3. The predicted molar refractivity (Wildman–Crippen MR) is 79.7 cm³/mol. The fourth-order valence-electron chi connectivity index (χ4n) is 2.34. The van der Waals surface area contributed by atoms with E-state index >= 15 is 0 Å². The lowest BCUT2D eigenvalue weighted by molar-refractivity contribution is -0.176. The van der Waals surface area contributed by atoms with Crippen LogP contribution in [-0.4, -0.2) is 53.3 Å². The number of rotatable bonds is 7. The highest BCUT2D eigenvalue weighted by molar-refractivity contribution is 6.33. The van der Waals surface area contributed by atoms with E-state index in [9.17, 15) is 4.79 Å². The number of esters is 1. The molecule has 1 heterocycles. The lowest BCUT2D eigenvalue weighted by Gasteiger charge is -2.30. The second-order valence-corrected chi connectivity index (χ2v) is 6.22. The first-order chi connectivity index (χ1) is 10.3. The molecule has 21 heavy (non-hydrogen) atoms. The summed E-state index contributed by atoms with van der Waals surface area (Å²) in [6, 6.07) is 10.3. The molecule has 2 rings (SSSR count). The van der Waals surface area contributed by atoms with E-state index in [0.29, 0.717) is 9.68 Å². The first-order valence-electron chi connectivity index (χ1n) is 7.02. The predicted octanol–water partition coefficient (Wildman–Crippen LogP) is 1.46. The first-order valence-corrected chi connectivity index (χ1v) is 8.18. The van der Waals surface area contributed by atoms with Gasteiger partial charge in [-0.05, 0) is 24.6 Å². The summed E-state index contributed by atoms with van der Waals surface area (Å²) in [5, 5.41) is 0. The number of hydrogen-bond donors (Lipinski definition) is 0. The SMILES string of the molecule is COC(OC)C(C(=O)OCc1ccccc1)N1CCC[Si]1. The van der Waals surface area contributed by atoms with E-state index in [1.165, 1.54) is 0 Å². The van der Waals surface area contributed by atoms with Gasteiger partial charge >= 0.3 is 5.97 Å². The summed E-state index contributed by atoms with van der Waals surface area (Å²) in [7, 11) is 3.71. The van der Waals surface area contributed by atoms with Gasteiger partial charge in [-0.3, -0.25) is 4.79 Å². The molecule has 0 aliphatic carbocycles. The Kier molecular flexibility index (Phi) is 6.38. The number of carbonyl (C=O) groups excluding carboxylic acids is 1. The average Bonchev–Trinajstić information content (AvgIpc) is 3.05. The van der Waals surface area contributed by atoms with Gasteiger partial charge in [-0.1, -0.05) is 30.3 Å². The van der Waals surface area contributed by atoms with Crippen LogP contribution in [0.15, 0.2) is 30.3 Å². The molecule has 1 aliphatic heterocycles. The van der Waals surface area contributed by atoms with Crippen molar-refractivity contribution in [3.05, 3.63) is 35.9 Å². The molecule has 0 bridgehead atoms. The van der Waals surface area contributed by atoms with Crippen LogP contribution in [0, 0.1) is 0 Å². The maximum atomic E-state index is 12.4. The third-order valence-corrected chi connectivity index (χ3v) is 4.90. The molecule has 1 aromatic rings. The monoisotopic (exact) mass is 307 g/mol. The van der Waals surface area contributed by atoms with Gasteiger partial charge in [0.1, 0.15) is 16.3 Å². The molecule has 1 aromatic carbocycles. The molecule has 1 fully saturated rings. The quantitative estimate of drug-likeness (QED) is 0.434.